The van der Waals surface area contributed by atoms with E-state index in [1.165, 1.54) is 59.9 Å². The maximum atomic E-state index is 6.74. The van der Waals surface area contributed by atoms with Crippen LogP contribution in [0, 0.1) is 43.9 Å². The summed E-state index contributed by atoms with van der Waals surface area (Å²) in [4.78, 5) is 19.7. The summed E-state index contributed by atoms with van der Waals surface area (Å²) in [6.45, 7) is 50.5. The van der Waals surface area contributed by atoms with Crippen LogP contribution in [0.5, 0.6) is 5.75 Å². The molecule has 2 aromatic heterocycles. The third-order valence-corrected chi connectivity index (χ3v) is 18.4. The van der Waals surface area contributed by atoms with Crippen molar-refractivity contribution in [3.63, 3.8) is 0 Å². The van der Waals surface area contributed by atoms with Crippen molar-refractivity contribution in [3.8, 4) is 34.2 Å². The lowest BCUT2D eigenvalue weighted by molar-refractivity contribution is -0.0943. The fraction of sp³-hybridized carbons (Fsp3) is 0.658. The third-order valence-electron chi connectivity index (χ3n) is 18.4. The van der Waals surface area contributed by atoms with Gasteiger partial charge >= 0.3 is 0 Å². The van der Waals surface area contributed by atoms with Crippen molar-refractivity contribution >= 4 is 11.0 Å². The molecule has 3 heterocycles. The quantitative estimate of drug-likeness (QED) is 0.0575. The van der Waals surface area contributed by atoms with E-state index in [0.29, 0.717) is 29.0 Å². The van der Waals surface area contributed by atoms with Crippen LogP contribution in [0.1, 0.15) is 260 Å². The van der Waals surface area contributed by atoms with Crippen LogP contribution in [0.25, 0.3) is 39.5 Å². The van der Waals surface area contributed by atoms with Gasteiger partial charge in [-0.1, -0.05) is 188 Å². The highest BCUT2D eigenvalue weighted by Gasteiger charge is 2.43. The molecule has 2 fully saturated rings. The molecule has 498 valence electrons. The molecule has 0 radical (unpaired) electrons. The molecule has 8 rings (SSSR count). The van der Waals surface area contributed by atoms with Crippen molar-refractivity contribution in [2.24, 2.45) is 16.2 Å². The molecule has 1 saturated carbocycles. The highest BCUT2D eigenvalue weighted by atomic mass is 16.5. The zero-order chi connectivity index (χ0) is 66.2. The van der Waals surface area contributed by atoms with Crippen LogP contribution >= 0.6 is 0 Å². The number of fused-ring (bicyclic) bond motifs is 1. The first-order valence-corrected chi connectivity index (χ1v) is 34.7. The maximum Gasteiger partial charge on any atom is 0.163 e. The Balaban J connectivity index is 0.000000241. The molecule has 90 heavy (non-hydrogen) atoms. The third kappa shape index (κ3) is 23.5. The van der Waals surface area contributed by atoms with Crippen molar-refractivity contribution in [2.75, 3.05) is 33.5 Å². The van der Waals surface area contributed by atoms with Gasteiger partial charge < -0.3 is 18.9 Å². The number of hydrogen-bond acceptors (Lipinski definition) is 10. The van der Waals surface area contributed by atoms with Gasteiger partial charge in [-0.05, 0) is 189 Å². The van der Waals surface area contributed by atoms with Gasteiger partial charge in [-0.3, -0.25) is 4.90 Å². The van der Waals surface area contributed by atoms with Gasteiger partial charge in [-0.15, -0.1) is 15.0 Å². The second-order valence-corrected chi connectivity index (χ2v) is 32.6. The number of nitrogens with zero attached hydrogens (tertiary/aromatic N) is 7. The van der Waals surface area contributed by atoms with E-state index in [-0.39, 0.29) is 34.6 Å². The van der Waals surface area contributed by atoms with Crippen LogP contribution in [0.2, 0.25) is 0 Å². The van der Waals surface area contributed by atoms with E-state index in [9.17, 15) is 0 Å². The molecule has 11 heteroatoms. The first kappa shape index (κ1) is 74.0. The summed E-state index contributed by atoms with van der Waals surface area (Å²) < 4.78 is 25.5. The minimum atomic E-state index is 0.0228. The first-order chi connectivity index (χ1) is 42.1. The van der Waals surface area contributed by atoms with Gasteiger partial charge in [0.2, 0.25) is 0 Å². The van der Waals surface area contributed by atoms with Gasteiger partial charge in [0.15, 0.2) is 11.6 Å². The Kier molecular flexibility index (Phi) is 26.8. The van der Waals surface area contributed by atoms with Gasteiger partial charge in [0.05, 0.1) is 24.9 Å². The van der Waals surface area contributed by atoms with E-state index in [2.05, 4.69) is 222 Å². The number of piperidine rings is 1. The van der Waals surface area contributed by atoms with Crippen LogP contribution < -0.4 is 4.74 Å². The highest BCUT2D eigenvalue weighted by Crippen LogP contribution is 2.40. The normalized spacial score (nSPS) is 18.2. The Morgan fingerprint density at radius 1 is 0.522 bits per heavy atom. The Hall–Kier alpha value is -5.07. The minimum absolute atomic E-state index is 0.0228. The zero-order valence-electron chi connectivity index (χ0n) is 60.7. The minimum Gasteiger partial charge on any atom is -0.491 e. The molecule has 3 unspecified atom stereocenters. The van der Waals surface area contributed by atoms with Gasteiger partial charge in [-0.2, -0.15) is 0 Å². The summed E-state index contributed by atoms with van der Waals surface area (Å²) in [7, 11) is 2.24. The summed E-state index contributed by atoms with van der Waals surface area (Å²) in [5.41, 5.74) is 12.4. The van der Waals surface area contributed by atoms with E-state index >= 15 is 0 Å². The second kappa shape index (κ2) is 32.7. The SMILES string of the molecule is CC(C)(C)CCCOc1ccc(C(C)(C)C)cc1-n1nc2ccccc2n1.CCCCCCCCOC1CCC(c2nc(-c3ccc(C)cc3C)nc(-c3ccc(C)cc3C)n2)C(OCCCC(C)(C)C)C1.CN1C(C)(C)CC(OCCC(C)(C)C)CC1(C)C. The smallest absolute Gasteiger partial charge is 0.163 e. The standard InChI is InChI=1S/C40H59N3O2.C23H31N3O.C16H33NO/c1-9-10-11-12-13-14-23-44-32-18-21-35(36(27-32)45-24-15-22-40(6,7)8)39-42-37(33-19-16-28(2)25-30(33)4)41-38(43-39)34-20-17-29(3)26-31(34)5;1-22(2,3)14-9-15-27-21-13-12-17(23(4,5)6)16-20(21)26-24-18-10-7-8-11-19(18)25-26;1-14(2,3)9-10-18-13-11-15(4,5)17(8)16(6,7)12-13/h16-17,19-20,25-26,32,35-36H,9-15,18,21-24,27H2,1-8H3;7-8,10-13,16H,9,14-15H2,1-6H3;13H,9-12H2,1-8H3. The summed E-state index contributed by atoms with van der Waals surface area (Å²) in [6.07, 6.45) is 19.0. The molecule has 0 N–H and O–H groups in total. The molecule has 1 aliphatic heterocycles. The van der Waals surface area contributed by atoms with Crippen LogP contribution in [0.15, 0.2) is 78.9 Å². The number of hydrogen-bond donors (Lipinski definition) is 0. The molecular weight excluding hydrogens is 1110 g/mol. The molecule has 6 aromatic rings. The average molecular weight is 1230 g/mol. The number of rotatable bonds is 23. The summed E-state index contributed by atoms with van der Waals surface area (Å²) >= 11 is 0. The van der Waals surface area contributed by atoms with Crippen molar-refractivity contribution in [2.45, 2.75) is 289 Å². The Bertz CT molecular complexity index is 3030. The second-order valence-electron chi connectivity index (χ2n) is 32.6. The van der Waals surface area contributed by atoms with E-state index in [4.69, 9.17) is 33.9 Å². The number of aryl methyl sites for hydroxylation is 4. The lowest BCUT2D eigenvalue weighted by atomic mass is 9.78. The van der Waals surface area contributed by atoms with Crippen molar-refractivity contribution < 1.29 is 18.9 Å². The lowest BCUT2D eigenvalue weighted by Gasteiger charge is -2.53. The topological polar surface area (TPSA) is 110 Å². The molecule has 0 spiro atoms. The van der Waals surface area contributed by atoms with E-state index < -0.39 is 0 Å². The molecule has 1 saturated heterocycles. The number of aromatic nitrogens is 6. The van der Waals surface area contributed by atoms with Gasteiger partial charge in [0.25, 0.3) is 0 Å². The van der Waals surface area contributed by atoms with Gasteiger partial charge in [0, 0.05) is 54.4 Å². The van der Waals surface area contributed by atoms with Gasteiger partial charge in [0.1, 0.15) is 28.3 Å². The Morgan fingerprint density at radius 2 is 1.03 bits per heavy atom. The molecular formula is C79H123N7O4. The number of unbranched alkanes of at least 4 members (excludes halogenated alkanes) is 5. The fourth-order valence-corrected chi connectivity index (χ4v) is 12.6. The summed E-state index contributed by atoms with van der Waals surface area (Å²) in [6, 6.07) is 27.3. The average Bonchev–Trinajstić information content (AvgIpc) is 1.15. The summed E-state index contributed by atoms with van der Waals surface area (Å²) in [5.74, 6) is 3.29. The predicted octanol–water partition coefficient (Wildman–Crippen LogP) is 20.7. The first-order valence-electron chi connectivity index (χ1n) is 34.7. The van der Waals surface area contributed by atoms with Crippen LogP contribution in [-0.4, -0.2) is 97.7 Å². The molecule has 2 aliphatic rings. The number of ether oxygens (including phenoxy) is 4. The largest absolute Gasteiger partial charge is 0.491 e. The molecule has 3 atom stereocenters. The monoisotopic (exact) mass is 1230 g/mol. The molecule has 0 bridgehead atoms. The van der Waals surface area contributed by atoms with Gasteiger partial charge in [-0.25, -0.2) is 15.0 Å². The molecule has 1 aliphatic carbocycles. The van der Waals surface area contributed by atoms with Crippen molar-refractivity contribution in [1.82, 2.24) is 34.8 Å². The molecule has 0 amide bonds. The molecule has 4 aromatic carbocycles. The molecule has 11 nitrogen and oxygen atoms in total. The van der Waals surface area contributed by atoms with Crippen molar-refractivity contribution in [1.29, 1.82) is 0 Å². The predicted molar refractivity (Wildman–Crippen MR) is 379 cm³/mol. The maximum absolute atomic E-state index is 6.74. The number of benzene rings is 4. The van der Waals surface area contributed by atoms with E-state index in [0.717, 1.165) is 142 Å². The Labute approximate surface area is 547 Å². The van der Waals surface area contributed by atoms with E-state index in [1.54, 1.807) is 4.80 Å². The zero-order valence-corrected chi connectivity index (χ0v) is 60.7. The van der Waals surface area contributed by atoms with E-state index in [1.807, 2.05) is 24.3 Å². The van der Waals surface area contributed by atoms with Crippen LogP contribution in [0.3, 0.4) is 0 Å². The van der Waals surface area contributed by atoms with Crippen LogP contribution in [-0.2, 0) is 19.6 Å². The summed E-state index contributed by atoms with van der Waals surface area (Å²) in [5, 5.41) is 9.32. The fourth-order valence-electron chi connectivity index (χ4n) is 12.6. The highest BCUT2D eigenvalue weighted by molar-refractivity contribution is 5.74. The number of likely N-dealkylation sites (tertiary alicyclic amines) is 1. The lowest BCUT2D eigenvalue weighted by Crippen LogP contribution is -2.60. The van der Waals surface area contributed by atoms with Crippen molar-refractivity contribution in [3.05, 3.63) is 113 Å². The Morgan fingerprint density at radius 3 is 1.56 bits per heavy atom. The van der Waals surface area contributed by atoms with Crippen LogP contribution in [0.4, 0.5) is 0 Å².